The second kappa shape index (κ2) is 10.1. The number of carbonyl (C=O) groups excluding carboxylic acids is 2. The van der Waals surface area contributed by atoms with E-state index in [-0.39, 0.29) is 11.3 Å². The number of aliphatic hydroxyl groups excluding tert-OH is 1. The fourth-order valence-corrected chi connectivity index (χ4v) is 3.96. The molecule has 4 rings (SSSR count). The van der Waals surface area contributed by atoms with E-state index in [9.17, 15) is 14.7 Å². The van der Waals surface area contributed by atoms with Gasteiger partial charge < -0.3 is 19.3 Å². The zero-order valence-electron chi connectivity index (χ0n) is 18.4. The molecule has 8 nitrogen and oxygen atoms in total. The van der Waals surface area contributed by atoms with Gasteiger partial charge in [0.1, 0.15) is 11.5 Å². The van der Waals surface area contributed by atoms with Gasteiger partial charge in [-0.15, -0.1) is 0 Å². The van der Waals surface area contributed by atoms with Gasteiger partial charge in [0.2, 0.25) is 0 Å². The van der Waals surface area contributed by atoms with E-state index in [0.29, 0.717) is 43.0 Å². The van der Waals surface area contributed by atoms with Gasteiger partial charge in [-0.3, -0.25) is 14.6 Å². The summed E-state index contributed by atoms with van der Waals surface area (Å²) < 4.78 is 7.69. The second-order valence-electron chi connectivity index (χ2n) is 7.80. The minimum Gasteiger partial charge on any atom is -0.507 e. The van der Waals surface area contributed by atoms with Gasteiger partial charge in [-0.25, -0.2) is 4.98 Å². The molecule has 1 aliphatic heterocycles. The lowest BCUT2D eigenvalue weighted by atomic mass is 9.95. The smallest absolute Gasteiger partial charge is 0.295 e. The van der Waals surface area contributed by atoms with Crippen LogP contribution in [0.25, 0.3) is 5.76 Å². The maximum atomic E-state index is 13.1. The van der Waals surface area contributed by atoms with Gasteiger partial charge in [0.25, 0.3) is 11.7 Å². The van der Waals surface area contributed by atoms with Crippen molar-refractivity contribution in [3.8, 4) is 5.75 Å². The molecule has 1 fully saturated rings. The minimum absolute atomic E-state index is 0.0708. The molecule has 0 spiro atoms. The molecule has 8 heteroatoms. The Hall–Kier alpha value is -3.94. The van der Waals surface area contributed by atoms with Crippen molar-refractivity contribution in [3.05, 3.63) is 84.2 Å². The maximum Gasteiger partial charge on any atom is 0.295 e. The lowest BCUT2D eigenvalue weighted by Gasteiger charge is -2.25. The molecular weight excluding hydrogens is 420 g/mol. The van der Waals surface area contributed by atoms with Crippen LogP contribution in [0.2, 0.25) is 0 Å². The summed E-state index contributed by atoms with van der Waals surface area (Å²) in [6.45, 7) is 3.58. The fraction of sp³-hybridized carbons (Fsp3) is 0.280. The highest BCUT2D eigenvalue weighted by Gasteiger charge is 2.45. The van der Waals surface area contributed by atoms with E-state index in [1.165, 1.54) is 17.3 Å². The number of aliphatic hydroxyl groups is 1. The van der Waals surface area contributed by atoms with E-state index in [0.717, 1.165) is 6.42 Å². The second-order valence-corrected chi connectivity index (χ2v) is 7.80. The van der Waals surface area contributed by atoms with Crippen LogP contribution in [0.1, 0.15) is 36.9 Å². The SMILES string of the molecule is CCCOc1cccc(C2/C(=C(\O)c3ccncc3)C(=O)C(=O)N2CCCn2ccnc2)c1. The van der Waals surface area contributed by atoms with Crippen LogP contribution in [0.3, 0.4) is 0 Å². The van der Waals surface area contributed by atoms with Crippen LogP contribution >= 0.6 is 0 Å². The van der Waals surface area contributed by atoms with Crippen molar-refractivity contribution in [2.24, 2.45) is 0 Å². The average molecular weight is 447 g/mol. The summed E-state index contributed by atoms with van der Waals surface area (Å²) in [5.74, 6) is -0.877. The predicted molar refractivity (Wildman–Crippen MR) is 122 cm³/mol. The molecule has 3 heterocycles. The molecule has 0 aliphatic carbocycles. The number of ketones is 1. The monoisotopic (exact) mass is 446 g/mol. The van der Waals surface area contributed by atoms with E-state index in [1.807, 2.05) is 42.0 Å². The Morgan fingerprint density at radius 3 is 2.64 bits per heavy atom. The van der Waals surface area contributed by atoms with Crippen LogP contribution in [0, 0.1) is 0 Å². The van der Waals surface area contributed by atoms with Crippen LogP contribution in [0.15, 0.2) is 73.1 Å². The number of pyridine rings is 1. The Morgan fingerprint density at radius 2 is 1.91 bits per heavy atom. The summed E-state index contributed by atoms with van der Waals surface area (Å²) in [7, 11) is 0. The van der Waals surface area contributed by atoms with E-state index in [1.54, 1.807) is 24.7 Å². The molecule has 0 saturated carbocycles. The molecule has 33 heavy (non-hydrogen) atoms. The number of nitrogens with zero attached hydrogens (tertiary/aromatic N) is 4. The summed E-state index contributed by atoms with van der Waals surface area (Å²) in [6.07, 6.45) is 9.81. The molecule has 0 radical (unpaired) electrons. The highest BCUT2D eigenvalue weighted by molar-refractivity contribution is 6.46. The minimum atomic E-state index is -0.717. The van der Waals surface area contributed by atoms with E-state index in [2.05, 4.69) is 9.97 Å². The summed E-state index contributed by atoms with van der Waals surface area (Å²) in [6, 6.07) is 9.85. The number of carbonyl (C=O) groups is 2. The van der Waals surface area contributed by atoms with Crippen molar-refractivity contribution >= 4 is 17.4 Å². The lowest BCUT2D eigenvalue weighted by Crippen LogP contribution is -2.31. The Bertz CT molecular complexity index is 1140. The summed E-state index contributed by atoms with van der Waals surface area (Å²) in [5.41, 5.74) is 1.22. The molecule has 2 aromatic heterocycles. The number of imidazole rings is 1. The van der Waals surface area contributed by atoms with Crippen LogP contribution in [-0.2, 0) is 16.1 Å². The first kappa shape index (κ1) is 22.3. The number of aryl methyl sites for hydroxylation is 1. The normalized spacial score (nSPS) is 17.5. The highest BCUT2D eigenvalue weighted by atomic mass is 16.5. The third kappa shape index (κ3) is 4.79. The predicted octanol–water partition coefficient (Wildman–Crippen LogP) is 3.58. The standard InChI is InChI=1S/C25H26N4O4/c1-2-15-33-20-6-3-5-19(16-20)22-21(23(30)18-7-9-26-10-8-18)24(31)25(32)29(22)13-4-12-28-14-11-27-17-28/h3,5-11,14,16-17,22,30H,2,4,12-13,15H2,1H3/b23-21+. The third-order valence-corrected chi connectivity index (χ3v) is 5.51. The Kier molecular flexibility index (Phi) is 6.83. The van der Waals surface area contributed by atoms with Crippen LogP contribution in [0.4, 0.5) is 0 Å². The highest BCUT2D eigenvalue weighted by Crippen LogP contribution is 2.40. The van der Waals surface area contributed by atoms with Crippen LogP contribution in [-0.4, -0.2) is 49.4 Å². The Labute approximate surface area is 192 Å². The number of rotatable bonds is 9. The zero-order valence-corrected chi connectivity index (χ0v) is 18.4. The lowest BCUT2D eigenvalue weighted by molar-refractivity contribution is -0.139. The van der Waals surface area contributed by atoms with Gasteiger partial charge in [-0.05, 0) is 42.7 Å². The Balaban J connectivity index is 1.72. The quantitative estimate of drug-likeness (QED) is 0.307. The van der Waals surface area contributed by atoms with Crippen molar-refractivity contribution in [2.45, 2.75) is 32.4 Å². The zero-order chi connectivity index (χ0) is 23.2. The molecule has 3 aromatic rings. The van der Waals surface area contributed by atoms with E-state index < -0.39 is 17.7 Å². The number of amides is 1. The molecule has 1 saturated heterocycles. The number of hydrogen-bond acceptors (Lipinski definition) is 6. The van der Waals surface area contributed by atoms with Crippen molar-refractivity contribution in [2.75, 3.05) is 13.2 Å². The molecule has 1 unspecified atom stereocenters. The summed E-state index contributed by atoms with van der Waals surface area (Å²) in [5, 5.41) is 11.1. The first-order valence-electron chi connectivity index (χ1n) is 11.0. The van der Waals surface area contributed by atoms with E-state index >= 15 is 0 Å². The summed E-state index contributed by atoms with van der Waals surface area (Å²) >= 11 is 0. The number of likely N-dealkylation sites (tertiary alicyclic amines) is 1. The molecule has 1 atom stereocenters. The first-order chi connectivity index (χ1) is 16.1. The number of ether oxygens (including phenoxy) is 1. The average Bonchev–Trinajstić information content (AvgIpc) is 3.45. The molecule has 1 aromatic carbocycles. The van der Waals surface area contributed by atoms with Gasteiger partial charge >= 0.3 is 0 Å². The number of Topliss-reactive ketones (excluding diaryl/α,β-unsaturated/α-hetero) is 1. The molecular formula is C25H26N4O4. The number of aromatic nitrogens is 3. The molecule has 1 N–H and O–H groups in total. The van der Waals surface area contributed by atoms with Gasteiger partial charge in [-0.1, -0.05) is 19.1 Å². The van der Waals surface area contributed by atoms with Gasteiger partial charge in [-0.2, -0.15) is 0 Å². The first-order valence-corrected chi connectivity index (χ1v) is 11.0. The van der Waals surface area contributed by atoms with Crippen molar-refractivity contribution in [1.82, 2.24) is 19.4 Å². The fourth-order valence-electron chi connectivity index (χ4n) is 3.96. The van der Waals surface area contributed by atoms with Gasteiger partial charge in [0.15, 0.2) is 0 Å². The number of benzene rings is 1. The Morgan fingerprint density at radius 1 is 1.09 bits per heavy atom. The maximum absolute atomic E-state index is 13.1. The molecule has 170 valence electrons. The third-order valence-electron chi connectivity index (χ3n) is 5.51. The van der Waals surface area contributed by atoms with Crippen LogP contribution in [0.5, 0.6) is 5.75 Å². The molecule has 0 bridgehead atoms. The summed E-state index contributed by atoms with van der Waals surface area (Å²) in [4.78, 5) is 35.7. The van der Waals surface area contributed by atoms with Gasteiger partial charge in [0.05, 0.1) is 24.5 Å². The number of hydrogen-bond donors (Lipinski definition) is 1. The van der Waals surface area contributed by atoms with Crippen molar-refractivity contribution < 1.29 is 19.4 Å². The van der Waals surface area contributed by atoms with Crippen molar-refractivity contribution in [3.63, 3.8) is 0 Å². The topological polar surface area (TPSA) is 97.5 Å². The largest absolute Gasteiger partial charge is 0.507 e. The molecule has 1 amide bonds. The van der Waals surface area contributed by atoms with Crippen LogP contribution < -0.4 is 4.74 Å². The van der Waals surface area contributed by atoms with Crippen molar-refractivity contribution in [1.29, 1.82) is 0 Å². The van der Waals surface area contributed by atoms with E-state index in [4.69, 9.17) is 4.74 Å². The van der Waals surface area contributed by atoms with Gasteiger partial charge in [0, 0.05) is 43.4 Å². The molecule has 1 aliphatic rings.